The van der Waals surface area contributed by atoms with Crippen LogP contribution in [-0.4, -0.2) is 12.3 Å². The van der Waals surface area contributed by atoms with Crippen LogP contribution in [0.4, 0.5) is 8.78 Å². The predicted molar refractivity (Wildman–Crippen MR) is 92.9 cm³/mol. The summed E-state index contributed by atoms with van der Waals surface area (Å²) in [6.07, 6.45) is 11.3. The van der Waals surface area contributed by atoms with Gasteiger partial charge in [0.2, 0.25) is 0 Å². The molecule has 0 radical (unpaired) electrons. The molecule has 0 nitrogen and oxygen atoms in total. The Morgan fingerprint density at radius 2 is 1.22 bits per heavy atom. The Labute approximate surface area is 141 Å². The van der Waals surface area contributed by atoms with Gasteiger partial charge in [-0.1, -0.05) is 52.4 Å². The van der Waals surface area contributed by atoms with Crippen molar-refractivity contribution in [3.8, 4) is 0 Å². The van der Waals surface area contributed by atoms with Gasteiger partial charge in [-0.05, 0) is 67.6 Å². The maximum Gasteiger partial charge on any atom is 0.134 e. The Kier molecular flexibility index (Phi) is 6.02. The molecule has 134 valence electrons. The van der Waals surface area contributed by atoms with Crippen molar-refractivity contribution < 1.29 is 8.78 Å². The van der Waals surface area contributed by atoms with Gasteiger partial charge in [0.1, 0.15) is 12.3 Å². The largest absolute Gasteiger partial charge is 0.244 e. The lowest BCUT2D eigenvalue weighted by molar-refractivity contribution is -0.00745. The first-order chi connectivity index (χ1) is 11.0. The van der Waals surface area contributed by atoms with Crippen LogP contribution in [0, 0.1) is 35.5 Å². The lowest BCUT2D eigenvalue weighted by Crippen LogP contribution is -2.41. The summed E-state index contributed by atoms with van der Waals surface area (Å²) in [7, 11) is 0. The lowest BCUT2D eigenvalue weighted by atomic mass is 9.66. The summed E-state index contributed by atoms with van der Waals surface area (Å²) in [5.41, 5.74) is 0. The van der Waals surface area contributed by atoms with Gasteiger partial charge in [0.25, 0.3) is 0 Å². The second-order valence-corrected chi connectivity index (χ2v) is 9.25. The summed E-state index contributed by atoms with van der Waals surface area (Å²) < 4.78 is 28.4. The van der Waals surface area contributed by atoms with Crippen molar-refractivity contribution >= 4 is 0 Å². The number of halogens is 2. The smallest absolute Gasteiger partial charge is 0.134 e. The fourth-order valence-corrected chi connectivity index (χ4v) is 5.71. The second kappa shape index (κ2) is 7.83. The van der Waals surface area contributed by atoms with E-state index in [4.69, 9.17) is 0 Å². The Morgan fingerprint density at radius 3 is 1.83 bits per heavy atom. The Morgan fingerprint density at radius 1 is 0.652 bits per heavy atom. The van der Waals surface area contributed by atoms with E-state index in [1.165, 1.54) is 44.9 Å². The van der Waals surface area contributed by atoms with Gasteiger partial charge in [-0.15, -0.1) is 0 Å². The summed E-state index contributed by atoms with van der Waals surface area (Å²) in [5.74, 6) is 3.15. The van der Waals surface area contributed by atoms with E-state index in [9.17, 15) is 8.78 Å². The van der Waals surface area contributed by atoms with Crippen molar-refractivity contribution in [3.63, 3.8) is 0 Å². The third-order valence-electron chi connectivity index (χ3n) is 7.51. The SMILES string of the molecule is CC1CCC(CC2CCC(C3CCC(C)C(F)C3F)CC2)CC1. The van der Waals surface area contributed by atoms with Crippen LogP contribution < -0.4 is 0 Å². The van der Waals surface area contributed by atoms with Gasteiger partial charge in [0, 0.05) is 0 Å². The standard InChI is InChI=1S/C21H36F2/c1-14-3-6-16(7-4-14)13-17-8-10-18(11-9-17)19-12-5-15(2)20(22)21(19)23/h14-21H,3-13H2,1-2H3. The fraction of sp³-hybridized carbons (Fsp3) is 1.00. The average molecular weight is 327 g/mol. The van der Waals surface area contributed by atoms with Crippen LogP contribution in [0.25, 0.3) is 0 Å². The average Bonchev–Trinajstić information content (AvgIpc) is 2.56. The molecule has 3 aliphatic rings. The van der Waals surface area contributed by atoms with Gasteiger partial charge in [-0.25, -0.2) is 8.78 Å². The van der Waals surface area contributed by atoms with E-state index in [1.54, 1.807) is 0 Å². The van der Waals surface area contributed by atoms with Gasteiger partial charge in [-0.2, -0.15) is 0 Å². The van der Waals surface area contributed by atoms with Crippen LogP contribution in [0.5, 0.6) is 0 Å². The topological polar surface area (TPSA) is 0 Å². The van der Waals surface area contributed by atoms with E-state index < -0.39 is 12.3 Å². The van der Waals surface area contributed by atoms with Gasteiger partial charge < -0.3 is 0 Å². The van der Waals surface area contributed by atoms with Crippen LogP contribution in [0.3, 0.4) is 0 Å². The molecule has 3 saturated carbocycles. The van der Waals surface area contributed by atoms with E-state index in [0.29, 0.717) is 5.92 Å². The van der Waals surface area contributed by atoms with E-state index in [1.807, 2.05) is 6.92 Å². The molecule has 3 aliphatic carbocycles. The third-order valence-corrected chi connectivity index (χ3v) is 7.51. The van der Waals surface area contributed by atoms with E-state index >= 15 is 0 Å². The zero-order chi connectivity index (χ0) is 16.4. The molecule has 3 rings (SSSR count). The molecule has 0 aromatic heterocycles. The maximum absolute atomic E-state index is 14.4. The minimum atomic E-state index is -1.21. The summed E-state index contributed by atoms with van der Waals surface area (Å²) in [6.45, 7) is 4.26. The van der Waals surface area contributed by atoms with E-state index in [2.05, 4.69) is 6.92 Å². The molecule has 0 heterocycles. The first-order valence-corrected chi connectivity index (χ1v) is 10.3. The molecule has 0 aliphatic heterocycles. The van der Waals surface area contributed by atoms with Gasteiger partial charge in [-0.3, -0.25) is 0 Å². The molecule has 0 aromatic rings. The number of rotatable bonds is 3. The maximum atomic E-state index is 14.4. The Bertz CT molecular complexity index is 353. The highest BCUT2D eigenvalue weighted by molar-refractivity contribution is 4.91. The Balaban J connectivity index is 1.43. The van der Waals surface area contributed by atoms with Crippen molar-refractivity contribution in [3.05, 3.63) is 0 Å². The number of hydrogen-bond donors (Lipinski definition) is 0. The van der Waals surface area contributed by atoms with Crippen LogP contribution >= 0.6 is 0 Å². The normalized spacial score (nSPS) is 49.0. The molecule has 4 unspecified atom stereocenters. The minimum absolute atomic E-state index is 0.0117. The molecular formula is C21H36F2. The van der Waals surface area contributed by atoms with E-state index in [-0.39, 0.29) is 11.8 Å². The van der Waals surface area contributed by atoms with Crippen LogP contribution in [0.1, 0.15) is 84.5 Å². The zero-order valence-electron chi connectivity index (χ0n) is 15.2. The van der Waals surface area contributed by atoms with E-state index in [0.717, 1.165) is 43.4 Å². The van der Waals surface area contributed by atoms with Crippen LogP contribution in [0.15, 0.2) is 0 Å². The van der Waals surface area contributed by atoms with Crippen molar-refractivity contribution in [1.29, 1.82) is 0 Å². The fourth-order valence-electron chi connectivity index (χ4n) is 5.71. The zero-order valence-corrected chi connectivity index (χ0v) is 15.2. The minimum Gasteiger partial charge on any atom is -0.244 e. The quantitative estimate of drug-likeness (QED) is 0.539. The molecule has 0 spiro atoms. The Hall–Kier alpha value is -0.140. The van der Waals surface area contributed by atoms with Crippen molar-refractivity contribution in [2.24, 2.45) is 35.5 Å². The summed E-state index contributed by atoms with van der Waals surface area (Å²) in [6, 6.07) is 0. The molecule has 4 atom stereocenters. The molecule has 3 fully saturated rings. The van der Waals surface area contributed by atoms with Crippen LogP contribution in [0.2, 0.25) is 0 Å². The predicted octanol–water partition coefficient (Wildman–Crippen LogP) is 6.73. The van der Waals surface area contributed by atoms with Gasteiger partial charge in [0.15, 0.2) is 0 Å². The highest BCUT2D eigenvalue weighted by atomic mass is 19.2. The molecule has 0 saturated heterocycles. The summed E-state index contributed by atoms with van der Waals surface area (Å²) >= 11 is 0. The lowest BCUT2D eigenvalue weighted by Gasteiger charge is -2.41. The molecule has 0 amide bonds. The molecule has 2 heteroatoms. The highest BCUT2D eigenvalue weighted by Gasteiger charge is 2.42. The van der Waals surface area contributed by atoms with Crippen molar-refractivity contribution in [2.45, 2.75) is 96.8 Å². The van der Waals surface area contributed by atoms with Gasteiger partial charge >= 0.3 is 0 Å². The van der Waals surface area contributed by atoms with Crippen molar-refractivity contribution in [1.82, 2.24) is 0 Å². The monoisotopic (exact) mass is 326 g/mol. The molecule has 0 N–H and O–H groups in total. The molecular weight excluding hydrogens is 290 g/mol. The number of hydrogen-bond acceptors (Lipinski definition) is 0. The first kappa shape index (κ1) is 17.7. The summed E-state index contributed by atoms with van der Waals surface area (Å²) in [4.78, 5) is 0. The molecule has 0 bridgehead atoms. The summed E-state index contributed by atoms with van der Waals surface area (Å²) in [5, 5.41) is 0. The van der Waals surface area contributed by atoms with Crippen molar-refractivity contribution in [2.75, 3.05) is 0 Å². The van der Waals surface area contributed by atoms with Gasteiger partial charge in [0.05, 0.1) is 0 Å². The molecule has 0 aromatic carbocycles. The molecule has 23 heavy (non-hydrogen) atoms. The first-order valence-electron chi connectivity index (χ1n) is 10.3. The third kappa shape index (κ3) is 4.28. The highest BCUT2D eigenvalue weighted by Crippen LogP contribution is 2.45. The van der Waals surface area contributed by atoms with Crippen LogP contribution in [-0.2, 0) is 0 Å². The second-order valence-electron chi connectivity index (χ2n) is 9.25. The number of alkyl halides is 2.